The van der Waals surface area contributed by atoms with Gasteiger partial charge < -0.3 is 25.5 Å². The lowest BCUT2D eigenvalue weighted by molar-refractivity contribution is -0.153. The van der Waals surface area contributed by atoms with Crippen LogP contribution in [0.15, 0.2) is 41.1 Å². The maximum atomic E-state index is 13.6. The summed E-state index contributed by atoms with van der Waals surface area (Å²) in [6.07, 6.45) is 7.20. The topological polar surface area (TPSA) is 120 Å². The summed E-state index contributed by atoms with van der Waals surface area (Å²) in [5.41, 5.74) is 3.77. The minimum atomic E-state index is -0.817. The van der Waals surface area contributed by atoms with Gasteiger partial charge in [-0.25, -0.2) is 0 Å². The molecule has 1 amide bonds. The Hall–Kier alpha value is -2.97. The number of carbonyl (C=O) groups is 3. The third-order valence-corrected chi connectivity index (χ3v) is 8.77. The molecule has 3 aliphatic carbocycles. The van der Waals surface area contributed by atoms with E-state index in [1.807, 2.05) is 25.3 Å². The zero-order valence-corrected chi connectivity index (χ0v) is 23.1. The molecule has 3 N–H and O–H groups in total. The first kappa shape index (κ1) is 27.6. The first-order valence-electron chi connectivity index (χ1n) is 13.9. The number of aliphatic carboxylic acids is 1. The smallest absolute Gasteiger partial charge is 0.309 e. The summed E-state index contributed by atoms with van der Waals surface area (Å²) in [6.45, 7) is 1.61. The molecule has 5 rings (SSSR count). The number of carboxylic acids is 1. The van der Waals surface area contributed by atoms with Crippen molar-refractivity contribution in [3.8, 4) is 0 Å². The highest BCUT2D eigenvalue weighted by atomic mass is 35.5. The number of benzene rings is 1. The van der Waals surface area contributed by atoms with Gasteiger partial charge in [-0.1, -0.05) is 29.8 Å². The second-order valence-electron chi connectivity index (χ2n) is 11.4. The number of hydrogen-bond acceptors (Lipinski definition) is 6. The maximum absolute atomic E-state index is 13.6. The summed E-state index contributed by atoms with van der Waals surface area (Å²) in [7, 11) is 2.01. The van der Waals surface area contributed by atoms with E-state index in [4.69, 9.17) is 21.7 Å². The lowest BCUT2D eigenvalue weighted by Crippen LogP contribution is -2.34. The molecule has 0 radical (unpaired) electrons. The molecule has 9 heteroatoms. The van der Waals surface area contributed by atoms with Gasteiger partial charge in [-0.3, -0.25) is 14.4 Å². The van der Waals surface area contributed by atoms with Crippen LogP contribution in [0.1, 0.15) is 79.6 Å². The normalized spacial score (nSPS) is 25.7. The summed E-state index contributed by atoms with van der Waals surface area (Å²) in [5, 5.41) is 21.8. The molecule has 39 heavy (non-hydrogen) atoms. The van der Waals surface area contributed by atoms with Crippen molar-refractivity contribution in [2.24, 2.45) is 11.8 Å². The van der Waals surface area contributed by atoms with Crippen LogP contribution >= 0.6 is 11.6 Å². The Morgan fingerprint density at radius 1 is 1.10 bits per heavy atom. The summed E-state index contributed by atoms with van der Waals surface area (Å²) >= 11 is 6.51. The van der Waals surface area contributed by atoms with E-state index >= 15 is 0 Å². The van der Waals surface area contributed by atoms with Crippen molar-refractivity contribution in [3.63, 3.8) is 0 Å². The zero-order chi connectivity index (χ0) is 27.7. The number of carboxylic acid groups (broad SMARTS) is 1. The Bertz CT molecular complexity index is 1250. The molecule has 1 aromatic carbocycles. The number of esters is 1. The first-order valence-corrected chi connectivity index (χ1v) is 14.3. The number of likely N-dealkylation sites (N-methyl/N-ethyl adjacent to an activating group) is 1. The van der Waals surface area contributed by atoms with Gasteiger partial charge in [0, 0.05) is 25.2 Å². The minimum Gasteiger partial charge on any atom is -0.481 e. The van der Waals surface area contributed by atoms with Gasteiger partial charge in [-0.15, -0.1) is 0 Å². The molecule has 1 heterocycles. The molecule has 1 saturated heterocycles. The van der Waals surface area contributed by atoms with Crippen LogP contribution in [0.5, 0.6) is 0 Å². The Kier molecular flexibility index (Phi) is 8.24. The average Bonchev–Trinajstić information content (AvgIpc) is 3.69. The van der Waals surface area contributed by atoms with Crippen LogP contribution in [-0.4, -0.2) is 59.8 Å². The third kappa shape index (κ3) is 6.28. The number of hydrogen-bond donors (Lipinski definition) is 3. The number of carbonyl (C=O) groups excluding carboxylic acids is 2. The predicted octanol–water partition coefficient (Wildman–Crippen LogP) is 5.08. The van der Waals surface area contributed by atoms with Crippen molar-refractivity contribution < 1.29 is 24.2 Å². The Morgan fingerprint density at radius 2 is 1.87 bits per heavy atom. The molecule has 8 nitrogen and oxygen atoms in total. The van der Waals surface area contributed by atoms with E-state index in [0.29, 0.717) is 65.6 Å². The lowest BCUT2D eigenvalue weighted by Gasteiger charge is -2.29. The van der Waals surface area contributed by atoms with Crippen LogP contribution in [0.4, 0.5) is 0 Å². The van der Waals surface area contributed by atoms with E-state index in [1.165, 1.54) is 0 Å². The van der Waals surface area contributed by atoms with E-state index in [-0.39, 0.29) is 24.4 Å². The van der Waals surface area contributed by atoms with Crippen LogP contribution in [0.25, 0.3) is 0 Å². The second-order valence-corrected chi connectivity index (χ2v) is 11.8. The molecule has 4 aliphatic rings. The van der Waals surface area contributed by atoms with Crippen molar-refractivity contribution in [1.29, 1.82) is 5.41 Å². The van der Waals surface area contributed by atoms with Crippen LogP contribution in [-0.2, 0) is 14.3 Å². The Labute approximate surface area is 233 Å². The molecule has 3 atom stereocenters. The van der Waals surface area contributed by atoms with Crippen molar-refractivity contribution in [2.45, 2.75) is 69.8 Å². The fourth-order valence-electron chi connectivity index (χ4n) is 5.99. The number of likely N-dealkylation sites (tertiary alicyclic amines) is 1. The standard InChI is InChI=1S/C30H36ClN3O5/c1-34-14-13-21(16-34)39-30(38)20-11-12-23(27(32)18-7-9-19(10-8-18)29(36)37)25(15-20)33-28(35)26-22(17-5-6-17)3-2-4-24(26)31/h2-4,7,17,19-21,32H,5-6,8-16H2,1H3,(H,33,35)(H,36,37). The van der Waals surface area contributed by atoms with Crippen LogP contribution in [0.3, 0.4) is 0 Å². The minimum absolute atomic E-state index is 0.122. The molecular formula is C30H36ClN3O5. The van der Waals surface area contributed by atoms with Crippen LogP contribution < -0.4 is 5.32 Å². The Morgan fingerprint density at radius 3 is 2.51 bits per heavy atom. The van der Waals surface area contributed by atoms with Gasteiger partial charge in [-0.05, 0) is 87.1 Å². The highest BCUT2D eigenvalue weighted by Gasteiger charge is 2.35. The highest BCUT2D eigenvalue weighted by Crippen LogP contribution is 2.43. The first-order chi connectivity index (χ1) is 18.7. The van der Waals surface area contributed by atoms with Gasteiger partial charge >= 0.3 is 11.9 Å². The van der Waals surface area contributed by atoms with Crippen molar-refractivity contribution >= 4 is 35.2 Å². The Balaban J connectivity index is 1.40. The summed E-state index contributed by atoms with van der Waals surface area (Å²) in [4.78, 5) is 40.3. The number of nitrogens with one attached hydrogen (secondary N) is 2. The summed E-state index contributed by atoms with van der Waals surface area (Å²) in [6, 6.07) is 5.52. The zero-order valence-electron chi connectivity index (χ0n) is 22.3. The predicted molar refractivity (Wildman–Crippen MR) is 148 cm³/mol. The van der Waals surface area contributed by atoms with Gasteiger partial charge in [0.25, 0.3) is 5.91 Å². The summed E-state index contributed by atoms with van der Waals surface area (Å²) in [5.74, 6) is -1.92. The molecule has 0 aromatic heterocycles. The fourth-order valence-corrected chi connectivity index (χ4v) is 6.26. The van der Waals surface area contributed by atoms with Gasteiger partial charge in [-0.2, -0.15) is 0 Å². The summed E-state index contributed by atoms with van der Waals surface area (Å²) < 4.78 is 5.83. The van der Waals surface area contributed by atoms with Gasteiger partial charge in [0.15, 0.2) is 0 Å². The monoisotopic (exact) mass is 553 g/mol. The molecule has 0 spiro atoms. The third-order valence-electron chi connectivity index (χ3n) is 8.46. The second kappa shape index (κ2) is 11.6. The fraction of sp³-hybridized carbons (Fsp3) is 0.533. The van der Waals surface area contributed by atoms with E-state index in [9.17, 15) is 19.5 Å². The molecule has 3 unspecified atom stereocenters. The van der Waals surface area contributed by atoms with E-state index in [1.54, 1.807) is 6.07 Å². The molecular weight excluding hydrogens is 518 g/mol. The molecule has 208 valence electrons. The van der Waals surface area contributed by atoms with Gasteiger partial charge in [0.1, 0.15) is 6.10 Å². The maximum Gasteiger partial charge on any atom is 0.309 e. The van der Waals surface area contributed by atoms with Gasteiger partial charge in [0.2, 0.25) is 0 Å². The van der Waals surface area contributed by atoms with E-state index in [0.717, 1.165) is 43.5 Å². The van der Waals surface area contributed by atoms with E-state index in [2.05, 4.69) is 10.2 Å². The largest absolute Gasteiger partial charge is 0.481 e. The number of halogens is 1. The van der Waals surface area contributed by atoms with Crippen molar-refractivity contribution in [3.05, 3.63) is 57.3 Å². The highest BCUT2D eigenvalue weighted by molar-refractivity contribution is 6.34. The van der Waals surface area contributed by atoms with Crippen molar-refractivity contribution in [2.75, 3.05) is 20.1 Å². The molecule has 2 fully saturated rings. The quantitative estimate of drug-likeness (QED) is 0.305. The van der Waals surface area contributed by atoms with Crippen molar-refractivity contribution in [1.82, 2.24) is 10.2 Å². The number of amides is 1. The molecule has 1 saturated carbocycles. The SMILES string of the molecule is CN1CCC(OC(=O)C2CCC(C(=N)C3=CCC(C(=O)O)CC3)=C(NC(=O)c3c(Cl)cccc3C3CC3)C2)C1. The van der Waals surface area contributed by atoms with Gasteiger partial charge in [0.05, 0.1) is 28.1 Å². The number of allylic oxidation sites excluding steroid dienone is 4. The number of nitrogens with zero attached hydrogens (tertiary/aromatic N) is 1. The lowest BCUT2D eigenvalue weighted by atomic mass is 9.80. The average molecular weight is 554 g/mol. The molecule has 1 aliphatic heterocycles. The van der Waals surface area contributed by atoms with Crippen LogP contribution in [0.2, 0.25) is 5.02 Å². The number of ether oxygens (including phenoxy) is 1. The molecule has 1 aromatic rings. The van der Waals surface area contributed by atoms with E-state index < -0.39 is 17.8 Å². The molecule has 0 bridgehead atoms. The number of rotatable bonds is 8. The van der Waals surface area contributed by atoms with Crippen LogP contribution in [0, 0.1) is 17.2 Å².